The summed E-state index contributed by atoms with van der Waals surface area (Å²) in [4.78, 5) is 49.2. The molecule has 0 fully saturated rings. The van der Waals surface area contributed by atoms with E-state index in [1.165, 1.54) is 0 Å². The Labute approximate surface area is 218 Å². The summed E-state index contributed by atoms with van der Waals surface area (Å²) in [6.45, 7) is 6.72. The maximum atomic E-state index is 12.8. The molecule has 0 saturated carbocycles. The van der Waals surface area contributed by atoms with E-state index in [9.17, 15) is 24.3 Å². The van der Waals surface area contributed by atoms with Crippen molar-refractivity contribution in [3.05, 3.63) is 69.8 Å². The molecule has 0 saturated heterocycles. The Morgan fingerprint density at radius 3 is 2.37 bits per heavy atom. The average Bonchev–Trinajstić information content (AvgIpc) is 3.33. The van der Waals surface area contributed by atoms with E-state index in [1.807, 2.05) is 50.2 Å². The molecule has 3 N–H and O–H groups in total. The van der Waals surface area contributed by atoms with Gasteiger partial charge in [0.1, 0.15) is 17.2 Å². The van der Waals surface area contributed by atoms with Crippen LogP contribution in [0, 0.1) is 19.8 Å². The maximum absolute atomic E-state index is 12.8. The first-order valence-corrected chi connectivity index (χ1v) is 12.4. The smallest absolute Gasteiger partial charge is 0.340 e. The van der Waals surface area contributed by atoms with Gasteiger partial charge < -0.3 is 24.6 Å². The molecule has 4 aromatic rings. The summed E-state index contributed by atoms with van der Waals surface area (Å²) in [5.41, 5.74) is 3.71. The highest BCUT2D eigenvalue weighted by Crippen LogP contribution is 2.37. The van der Waals surface area contributed by atoms with Gasteiger partial charge in [0.05, 0.1) is 24.8 Å². The number of carboxylic acids is 1. The maximum Gasteiger partial charge on any atom is 0.340 e. The first-order valence-electron chi connectivity index (χ1n) is 12.4. The van der Waals surface area contributed by atoms with Gasteiger partial charge >= 0.3 is 11.6 Å². The zero-order valence-corrected chi connectivity index (χ0v) is 21.7. The minimum absolute atomic E-state index is 0.182. The fraction of sp³-hybridized carbons (Fsp3) is 0.310. The van der Waals surface area contributed by atoms with Crippen LogP contribution in [0.25, 0.3) is 33.1 Å². The van der Waals surface area contributed by atoms with Crippen molar-refractivity contribution in [3.8, 4) is 11.1 Å². The van der Waals surface area contributed by atoms with Crippen LogP contribution in [0.4, 0.5) is 0 Å². The summed E-state index contributed by atoms with van der Waals surface area (Å²) >= 11 is 0. The summed E-state index contributed by atoms with van der Waals surface area (Å²) in [7, 11) is 0. The van der Waals surface area contributed by atoms with E-state index in [4.69, 9.17) is 8.83 Å². The largest absolute Gasteiger partial charge is 0.480 e. The first kappa shape index (κ1) is 26.7. The van der Waals surface area contributed by atoms with Crippen molar-refractivity contribution in [3.63, 3.8) is 0 Å². The van der Waals surface area contributed by atoms with Crippen molar-refractivity contribution in [2.45, 2.75) is 46.6 Å². The van der Waals surface area contributed by atoms with Crippen molar-refractivity contribution >= 4 is 39.7 Å². The normalized spacial score (nSPS) is 12.8. The third-order valence-electron chi connectivity index (χ3n) is 7.01. The lowest BCUT2D eigenvalue weighted by molar-refractivity contribution is -0.143. The number of hydrogen-bond acceptors (Lipinski definition) is 6. The predicted octanol–water partition coefficient (Wildman–Crippen LogP) is 4.10. The number of aliphatic carboxylic acids is 1. The van der Waals surface area contributed by atoms with Crippen molar-refractivity contribution in [2.24, 2.45) is 5.92 Å². The number of amides is 2. The summed E-state index contributed by atoms with van der Waals surface area (Å²) in [6, 6.07) is 10.6. The van der Waals surface area contributed by atoms with Crippen LogP contribution in [0.3, 0.4) is 0 Å². The molecule has 0 aliphatic heterocycles. The Hall–Kier alpha value is -4.40. The van der Waals surface area contributed by atoms with Gasteiger partial charge in [-0.05, 0) is 37.0 Å². The van der Waals surface area contributed by atoms with Crippen LogP contribution < -0.4 is 16.3 Å². The lowest BCUT2D eigenvalue weighted by Gasteiger charge is -2.20. The third kappa shape index (κ3) is 5.18. The molecule has 4 rings (SSSR count). The summed E-state index contributed by atoms with van der Waals surface area (Å²) in [6.07, 6.45) is 1.95. The van der Waals surface area contributed by atoms with Crippen LogP contribution in [-0.2, 0) is 20.8 Å². The Balaban J connectivity index is 1.58. The van der Waals surface area contributed by atoms with Crippen LogP contribution in [0.15, 0.2) is 56.3 Å². The number of fused-ring (bicyclic) bond motifs is 2. The molecule has 2 atom stereocenters. The molecule has 2 aromatic carbocycles. The van der Waals surface area contributed by atoms with Gasteiger partial charge in [-0.25, -0.2) is 9.59 Å². The Morgan fingerprint density at radius 2 is 1.71 bits per heavy atom. The number of carbonyl (C=O) groups excluding carboxylic acids is 2. The molecule has 9 heteroatoms. The van der Waals surface area contributed by atoms with Crippen LogP contribution >= 0.6 is 0 Å². The van der Waals surface area contributed by atoms with E-state index in [0.717, 1.165) is 16.5 Å². The molecule has 2 amide bonds. The number of nitrogens with one attached hydrogen (secondary N) is 2. The zero-order chi connectivity index (χ0) is 27.6. The molecular formula is C29H30N2O7. The Bertz CT molecular complexity index is 1580. The van der Waals surface area contributed by atoms with E-state index in [-0.39, 0.29) is 17.9 Å². The molecule has 198 valence electrons. The second-order valence-corrected chi connectivity index (χ2v) is 9.49. The van der Waals surface area contributed by atoms with E-state index >= 15 is 0 Å². The van der Waals surface area contributed by atoms with Crippen molar-refractivity contribution in [1.82, 2.24) is 10.6 Å². The van der Waals surface area contributed by atoms with E-state index in [0.29, 0.717) is 34.1 Å². The minimum atomic E-state index is -1.14. The molecule has 2 heterocycles. The monoisotopic (exact) mass is 518 g/mol. The topological polar surface area (TPSA) is 139 Å². The van der Waals surface area contributed by atoms with Crippen molar-refractivity contribution in [1.29, 1.82) is 0 Å². The van der Waals surface area contributed by atoms with Gasteiger partial charge in [-0.2, -0.15) is 0 Å². The molecule has 38 heavy (non-hydrogen) atoms. The number of carboxylic acid groups (broad SMARTS) is 1. The highest BCUT2D eigenvalue weighted by Gasteiger charge is 2.25. The van der Waals surface area contributed by atoms with Crippen LogP contribution in [0.1, 0.15) is 37.0 Å². The van der Waals surface area contributed by atoms with E-state index in [1.54, 1.807) is 20.1 Å². The van der Waals surface area contributed by atoms with Crippen LogP contribution in [0.2, 0.25) is 0 Å². The van der Waals surface area contributed by atoms with Gasteiger partial charge in [-0.15, -0.1) is 0 Å². The number of aryl methyl sites for hydroxylation is 2. The standard InChI is InChI=1S/C29H30N2O7/c1-5-15(2)25(28(34)35)31-24(33)13-30-23(32)12-20-16(3)19-11-21-22(18-9-7-6-8-10-18)14-37-26(21)17(4)27(19)38-29(20)36/h6-11,14-15,25H,5,12-13H2,1-4H3,(H,30,32)(H,31,33)(H,34,35)/t15-,25+/m1/s1. The Morgan fingerprint density at radius 1 is 1.00 bits per heavy atom. The molecule has 0 spiro atoms. The fourth-order valence-corrected chi connectivity index (χ4v) is 4.55. The molecule has 0 radical (unpaired) electrons. The van der Waals surface area contributed by atoms with Crippen LogP contribution in [0.5, 0.6) is 0 Å². The molecule has 9 nitrogen and oxygen atoms in total. The number of furan rings is 1. The quantitative estimate of drug-likeness (QED) is 0.284. The molecular weight excluding hydrogens is 488 g/mol. The SMILES string of the molecule is CC[C@@H](C)[C@H](NC(=O)CNC(=O)Cc1c(C)c2cc3c(-c4ccccc4)coc3c(C)c2oc1=O)C(=O)O. The second kappa shape index (κ2) is 10.9. The van der Waals surface area contributed by atoms with Gasteiger partial charge in [-0.3, -0.25) is 9.59 Å². The molecule has 0 unspecified atom stereocenters. The molecule has 0 aliphatic carbocycles. The van der Waals surface area contributed by atoms with Gasteiger partial charge in [0.25, 0.3) is 0 Å². The summed E-state index contributed by atoms with van der Waals surface area (Å²) in [5.74, 6) is -2.60. The second-order valence-electron chi connectivity index (χ2n) is 9.49. The van der Waals surface area contributed by atoms with Crippen LogP contribution in [-0.4, -0.2) is 35.5 Å². The van der Waals surface area contributed by atoms with Gasteiger partial charge in [0, 0.05) is 21.9 Å². The van der Waals surface area contributed by atoms with Crippen molar-refractivity contribution in [2.75, 3.05) is 6.54 Å². The minimum Gasteiger partial charge on any atom is -0.480 e. The first-order chi connectivity index (χ1) is 18.1. The number of hydrogen-bond donors (Lipinski definition) is 3. The third-order valence-corrected chi connectivity index (χ3v) is 7.01. The highest BCUT2D eigenvalue weighted by atomic mass is 16.4. The van der Waals surface area contributed by atoms with Gasteiger partial charge in [0.15, 0.2) is 0 Å². The zero-order valence-electron chi connectivity index (χ0n) is 21.7. The fourth-order valence-electron chi connectivity index (χ4n) is 4.55. The lowest BCUT2D eigenvalue weighted by atomic mass is 9.97. The molecule has 0 bridgehead atoms. The lowest BCUT2D eigenvalue weighted by Crippen LogP contribution is -2.48. The summed E-state index contributed by atoms with van der Waals surface area (Å²) < 4.78 is 11.5. The average molecular weight is 519 g/mol. The number of benzene rings is 2. The van der Waals surface area contributed by atoms with Gasteiger partial charge in [0.2, 0.25) is 11.8 Å². The van der Waals surface area contributed by atoms with E-state index in [2.05, 4.69) is 10.6 Å². The number of rotatable bonds is 9. The molecule has 2 aromatic heterocycles. The highest BCUT2D eigenvalue weighted by molar-refractivity contribution is 6.05. The molecule has 0 aliphatic rings. The number of carbonyl (C=O) groups is 3. The van der Waals surface area contributed by atoms with Gasteiger partial charge in [-0.1, -0.05) is 50.6 Å². The van der Waals surface area contributed by atoms with Crippen molar-refractivity contribution < 1.29 is 28.3 Å². The summed E-state index contributed by atoms with van der Waals surface area (Å²) in [5, 5.41) is 15.8. The predicted molar refractivity (Wildman–Crippen MR) is 143 cm³/mol. The Kier molecular flexibility index (Phi) is 7.66. The van der Waals surface area contributed by atoms with E-state index < -0.39 is 36.0 Å².